The Morgan fingerprint density at radius 1 is 1.29 bits per heavy atom. The van der Waals surface area contributed by atoms with E-state index in [1.54, 1.807) is 6.07 Å². The molecule has 146 valence electrons. The average Bonchev–Trinajstić information content (AvgIpc) is 2.67. The van der Waals surface area contributed by atoms with Gasteiger partial charge in [-0.3, -0.25) is 19.7 Å². The molecule has 0 aliphatic heterocycles. The Bertz CT molecular complexity index is 920. The number of esters is 1. The molecule has 0 spiro atoms. The van der Waals surface area contributed by atoms with Crippen molar-refractivity contribution in [3.63, 3.8) is 0 Å². The Morgan fingerprint density at radius 3 is 2.71 bits per heavy atom. The van der Waals surface area contributed by atoms with Crippen LogP contribution in [0.2, 0.25) is 5.15 Å². The van der Waals surface area contributed by atoms with Gasteiger partial charge in [0.1, 0.15) is 6.04 Å². The highest BCUT2D eigenvalue weighted by Crippen LogP contribution is 2.17. The van der Waals surface area contributed by atoms with E-state index in [9.17, 15) is 24.5 Å². The number of carbonyl (C=O) groups is 3. The van der Waals surface area contributed by atoms with Crippen molar-refractivity contribution in [3.8, 4) is 0 Å². The van der Waals surface area contributed by atoms with Gasteiger partial charge in [-0.1, -0.05) is 17.7 Å². The van der Waals surface area contributed by atoms with Crippen molar-refractivity contribution in [1.82, 2.24) is 10.3 Å². The van der Waals surface area contributed by atoms with Gasteiger partial charge in [0, 0.05) is 23.9 Å². The molecule has 0 aliphatic rings. The zero-order valence-corrected chi connectivity index (χ0v) is 15.3. The predicted octanol–water partition coefficient (Wildman–Crippen LogP) is 1.94. The first-order valence-corrected chi connectivity index (χ1v) is 8.28. The molecule has 0 fully saturated rings. The third-order valence-electron chi connectivity index (χ3n) is 3.40. The smallest absolute Gasteiger partial charge is 0.328 e. The van der Waals surface area contributed by atoms with Gasteiger partial charge in [-0.05, 0) is 25.1 Å². The summed E-state index contributed by atoms with van der Waals surface area (Å²) in [4.78, 5) is 49.8. The Morgan fingerprint density at radius 2 is 2.04 bits per heavy atom. The van der Waals surface area contributed by atoms with Crippen LogP contribution >= 0.6 is 11.6 Å². The summed E-state index contributed by atoms with van der Waals surface area (Å²) in [6, 6.07) is 7.05. The van der Waals surface area contributed by atoms with Crippen LogP contribution in [0.1, 0.15) is 17.3 Å². The third kappa shape index (κ3) is 5.74. The molecular weight excluding hydrogens is 392 g/mol. The number of benzene rings is 1. The lowest BCUT2D eigenvalue weighted by atomic mass is 10.2. The molecule has 1 atom stereocenters. The van der Waals surface area contributed by atoms with Crippen molar-refractivity contribution in [2.45, 2.75) is 13.0 Å². The first-order chi connectivity index (χ1) is 13.3. The molecule has 0 aliphatic carbocycles. The van der Waals surface area contributed by atoms with E-state index in [-0.39, 0.29) is 22.1 Å². The van der Waals surface area contributed by atoms with Crippen LogP contribution in [0.5, 0.6) is 0 Å². The summed E-state index contributed by atoms with van der Waals surface area (Å²) in [7, 11) is 0. The fraction of sp³-hybridized carbons (Fsp3) is 0.176. The fourth-order valence-corrected chi connectivity index (χ4v) is 2.19. The SMILES string of the molecule is C[C@H](NC(=O)c1cccc([N+](=O)[O-])c1)C(=O)OCC(=O)Nc1cccnc1Cl. The van der Waals surface area contributed by atoms with Crippen LogP contribution in [0.4, 0.5) is 11.4 Å². The number of hydrogen-bond acceptors (Lipinski definition) is 7. The summed E-state index contributed by atoms with van der Waals surface area (Å²) in [6.07, 6.45) is 1.45. The molecule has 1 aromatic heterocycles. The average molecular weight is 407 g/mol. The lowest BCUT2D eigenvalue weighted by Gasteiger charge is -2.13. The van der Waals surface area contributed by atoms with E-state index in [0.717, 1.165) is 6.07 Å². The first kappa shape index (κ1) is 20.8. The summed E-state index contributed by atoms with van der Waals surface area (Å²) >= 11 is 5.80. The molecule has 1 aromatic carbocycles. The highest BCUT2D eigenvalue weighted by molar-refractivity contribution is 6.32. The summed E-state index contributed by atoms with van der Waals surface area (Å²) < 4.78 is 4.84. The number of anilines is 1. The number of amides is 2. The van der Waals surface area contributed by atoms with Crippen LogP contribution in [0, 0.1) is 10.1 Å². The second-order valence-electron chi connectivity index (χ2n) is 5.50. The Hall–Kier alpha value is -3.53. The van der Waals surface area contributed by atoms with Gasteiger partial charge in [0.25, 0.3) is 17.5 Å². The summed E-state index contributed by atoms with van der Waals surface area (Å²) in [5, 5.41) is 15.6. The summed E-state index contributed by atoms with van der Waals surface area (Å²) in [5.74, 6) is -2.19. The molecule has 11 heteroatoms. The minimum Gasteiger partial charge on any atom is -0.454 e. The lowest BCUT2D eigenvalue weighted by Crippen LogP contribution is -2.40. The molecule has 2 aromatic rings. The zero-order chi connectivity index (χ0) is 20.7. The minimum absolute atomic E-state index is 0.0119. The molecule has 0 radical (unpaired) electrons. The molecule has 28 heavy (non-hydrogen) atoms. The quantitative estimate of drug-likeness (QED) is 0.310. The molecule has 1 heterocycles. The molecule has 10 nitrogen and oxygen atoms in total. The largest absolute Gasteiger partial charge is 0.454 e. The van der Waals surface area contributed by atoms with Gasteiger partial charge in [0.05, 0.1) is 10.6 Å². The number of ether oxygens (including phenoxy) is 1. The summed E-state index contributed by atoms with van der Waals surface area (Å²) in [6.45, 7) is 0.758. The van der Waals surface area contributed by atoms with Gasteiger partial charge in [-0.15, -0.1) is 0 Å². The van der Waals surface area contributed by atoms with Crippen molar-refractivity contribution >= 4 is 40.8 Å². The third-order valence-corrected chi connectivity index (χ3v) is 3.70. The highest BCUT2D eigenvalue weighted by atomic mass is 35.5. The first-order valence-electron chi connectivity index (χ1n) is 7.90. The number of halogens is 1. The van der Waals surface area contributed by atoms with Gasteiger partial charge in [0.2, 0.25) is 0 Å². The van der Waals surface area contributed by atoms with Crippen LogP contribution < -0.4 is 10.6 Å². The molecule has 0 unspecified atom stereocenters. The highest BCUT2D eigenvalue weighted by Gasteiger charge is 2.20. The van der Waals surface area contributed by atoms with Crippen LogP contribution in [0.25, 0.3) is 0 Å². The Labute approximate surface area is 164 Å². The van der Waals surface area contributed by atoms with E-state index in [1.807, 2.05) is 0 Å². The van der Waals surface area contributed by atoms with E-state index < -0.39 is 35.4 Å². The van der Waals surface area contributed by atoms with E-state index in [2.05, 4.69) is 15.6 Å². The Balaban J connectivity index is 1.86. The predicted molar refractivity (Wildman–Crippen MR) is 98.9 cm³/mol. The number of rotatable bonds is 7. The molecule has 2 N–H and O–H groups in total. The van der Waals surface area contributed by atoms with Crippen molar-refractivity contribution < 1.29 is 24.0 Å². The van der Waals surface area contributed by atoms with Gasteiger partial charge in [-0.2, -0.15) is 0 Å². The number of hydrogen-bond donors (Lipinski definition) is 2. The number of nitro groups is 1. The molecule has 0 bridgehead atoms. The summed E-state index contributed by atoms with van der Waals surface area (Å²) in [5.41, 5.74) is 0.0173. The van der Waals surface area contributed by atoms with Crippen LogP contribution in [0.15, 0.2) is 42.6 Å². The van der Waals surface area contributed by atoms with E-state index >= 15 is 0 Å². The van der Waals surface area contributed by atoms with E-state index in [4.69, 9.17) is 16.3 Å². The number of non-ortho nitro benzene ring substituents is 1. The van der Waals surface area contributed by atoms with Gasteiger partial charge >= 0.3 is 5.97 Å². The molecule has 0 saturated carbocycles. The van der Waals surface area contributed by atoms with Crippen LogP contribution in [-0.4, -0.2) is 40.3 Å². The second-order valence-corrected chi connectivity index (χ2v) is 5.86. The maximum absolute atomic E-state index is 12.1. The molecular formula is C17H15ClN4O6. The number of pyridine rings is 1. The number of nitrogens with zero attached hydrogens (tertiary/aromatic N) is 2. The van der Waals surface area contributed by atoms with Crippen LogP contribution in [-0.2, 0) is 14.3 Å². The lowest BCUT2D eigenvalue weighted by molar-refractivity contribution is -0.384. The number of carbonyl (C=O) groups excluding carboxylic acids is 3. The standard InChI is InChI=1S/C17H15ClN4O6/c1-10(20-16(24)11-4-2-5-12(8-11)22(26)27)17(25)28-9-14(23)21-13-6-3-7-19-15(13)18/h2-8,10H,9H2,1H3,(H,20,24)(H,21,23)/t10-/m0/s1. The second kappa shape index (κ2) is 9.42. The molecule has 2 amide bonds. The van der Waals surface area contributed by atoms with Gasteiger partial charge in [-0.25, -0.2) is 9.78 Å². The zero-order valence-electron chi connectivity index (χ0n) is 14.5. The van der Waals surface area contributed by atoms with E-state index in [0.29, 0.717) is 0 Å². The minimum atomic E-state index is -1.08. The van der Waals surface area contributed by atoms with Crippen LogP contribution in [0.3, 0.4) is 0 Å². The fourth-order valence-electron chi connectivity index (χ4n) is 2.03. The maximum Gasteiger partial charge on any atom is 0.328 e. The van der Waals surface area contributed by atoms with Crippen molar-refractivity contribution in [3.05, 3.63) is 63.4 Å². The van der Waals surface area contributed by atoms with Crippen molar-refractivity contribution in [1.29, 1.82) is 0 Å². The number of nitrogens with one attached hydrogen (secondary N) is 2. The molecule has 0 saturated heterocycles. The normalized spacial score (nSPS) is 11.2. The van der Waals surface area contributed by atoms with Crippen molar-refractivity contribution in [2.75, 3.05) is 11.9 Å². The monoisotopic (exact) mass is 406 g/mol. The topological polar surface area (TPSA) is 141 Å². The van der Waals surface area contributed by atoms with Gasteiger partial charge < -0.3 is 15.4 Å². The number of aromatic nitrogens is 1. The van der Waals surface area contributed by atoms with Crippen molar-refractivity contribution in [2.24, 2.45) is 0 Å². The maximum atomic E-state index is 12.1. The Kier molecular flexibility index (Phi) is 6.99. The molecule has 2 rings (SSSR count). The number of nitro benzene ring substituents is 1. The van der Waals surface area contributed by atoms with E-state index in [1.165, 1.54) is 37.4 Å². The van der Waals surface area contributed by atoms with Gasteiger partial charge in [0.15, 0.2) is 11.8 Å².